The summed E-state index contributed by atoms with van der Waals surface area (Å²) in [6, 6.07) is 8.12. The van der Waals surface area contributed by atoms with E-state index in [1.54, 1.807) is 6.08 Å². The molecule has 16 heavy (non-hydrogen) atoms. The number of carbonyl (C=O) groups is 1. The molecule has 0 unspecified atom stereocenters. The smallest absolute Gasteiger partial charge is 0.328 e. The largest absolute Gasteiger partial charge is 0.478 e. The summed E-state index contributed by atoms with van der Waals surface area (Å²) in [4.78, 5) is 10.4. The predicted octanol–water partition coefficient (Wildman–Crippen LogP) is 2.82. The quantitative estimate of drug-likeness (QED) is 0.765. The molecule has 0 aromatic heterocycles. The Balaban J connectivity index is 2.35. The van der Waals surface area contributed by atoms with Crippen LogP contribution in [-0.2, 0) is 11.2 Å². The van der Waals surface area contributed by atoms with Crippen LogP contribution in [0.3, 0.4) is 0 Å². The van der Waals surface area contributed by atoms with Crippen molar-refractivity contribution in [3.05, 3.63) is 65.3 Å². The van der Waals surface area contributed by atoms with Crippen LogP contribution in [0.25, 0.3) is 6.08 Å². The summed E-state index contributed by atoms with van der Waals surface area (Å²) >= 11 is 0. The van der Waals surface area contributed by atoms with Crippen molar-refractivity contribution in [2.75, 3.05) is 0 Å². The zero-order valence-corrected chi connectivity index (χ0v) is 8.76. The summed E-state index contributed by atoms with van der Waals surface area (Å²) in [7, 11) is 0. The number of benzene rings is 1. The van der Waals surface area contributed by atoms with Gasteiger partial charge in [-0.05, 0) is 35.3 Å². The molecule has 80 valence electrons. The molecule has 1 aromatic carbocycles. The third kappa shape index (κ3) is 2.48. The molecule has 0 atom stereocenters. The van der Waals surface area contributed by atoms with Crippen molar-refractivity contribution in [3.63, 3.8) is 0 Å². The lowest BCUT2D eigenvalue weighted by Gasteiger charge is -2.00. The van der Waals surface area contributed by atoms with Gasteiger partial charge in [0.1, 0.15) is 0 Å². The fraction of sp³-hybridized carbons (Fsp3) is 0.0714. The normalized spacial score (nSPS) is 14.4. The summed E-state index contributed by atoms with van der Waals surface area (Å²) in [5.41, 5.74) is 3.32. The number of rotatable bonds is 2. The van der Waals surface area contributed by atoms with E-state index < -0.39 is 5.97 Å². The molecule has 1 aliphatic rings. The highest BCUT2D eigenvalue weighted by Crippen LogP contribution is 2.19. The number of hydrogen-bond acceptors (Lipinski definition) is 1. The van der Waals surface area contributed by atoms with Crippen molar-refractivity contribution in [1.82, 2.24) is 0 Å². The van der Waals surface area contributed by atoms with Gasteiger partial charge in [0.25, 0.3) is 0 Å². The van der Waals surface area contributed by atoms with Crippen LogP contribution in [0.1, 0.15) is 11.1 Å². The molecule has 0 saturated carbocycles. The standard InChI is InChI=1S/C14H12O2/c15-14(16)9-8-11-4-3-7-12-5-1-2-6-13(12)10-11/h1-6,8-10H,7H2,(H,15,16). The Morgan fingerprint density at radius 3 is 2.94 bits per heavy atom. The van der Waals surface area contributed by atoms with Crippen molar-refractivity contribution in [2.24, 2.45) is 0 Å². The zero-order chi connectivity index (χ0) is 11.4. The first-order chi connectivity index (χ1) is 7.75. The van der Waals surface area contributed by atoms with Crippen LogP contribution in [0.5, 0.6) is 0 Å². The maximum atomic E-state index is 10.4. The number of allylic oxidation sites excluding steroid dienone is 4. The highest BCUT2D eigenvalue weighted by molar-refractivity contribution is 5.81. The molecule has 0 amide bonds. The molecular weight excluding hydrogens is 200 g/mol. The SMILES string of the molecule is O=C(O)C=CC1=Cc2ccccc2CC=C1. The summed E-state index contributed by atoms with van der Waals surface area (Å²) in [5.74, 6) is -0.924. The molecule has 0 radical (unpaired) electrons. The van der Waals surface area contributed by atoms with Gasteiger partial charge in [-0.25, -0.2) is 4.79 Å². The second kappa shape index (κ2) is 4.62. The number of aliphatic carboxylic acids is 1. The minimum atomic E-state index is -0.924. The molecular formula is C14H12O2. The monoisotopic (exact) mass is 212 g/mol. The third-order valence-electron chi connectivity index (χ3n) is 2.44. The van der Waals surface area contributed by atoms with E-state index in [1.807, 2.05) is 36.4 Å². The molecule has 0 bridgehead atoms. The molecule has 2 rings (SSSR count). The van der Waals surface area contributed by atoms with Crippen LogP contribution in [0.4, 0.5) is 0 Å². The van der Waals surface area contributed by atoms with E-state index in [0.717, 1.165) is 23.6 Å². The van der Waals surface area contributed by atoms with E-state index in [-0.39, 0.29) is 0 Å². The van der Waals surface area contributed by atoms with Crippen molar-refractivity contribution in [1.29, 1.82) is 0 Å². The highest BCUT2D eigenvalue weighted by Gasteiger charge is 2.01. The molecule has 0 saturated heterocycles. The lowest BCUT2D eigenvalue weighted by atomic mass is 10.0. The Kier molecular flexibility index (Phi) is 3.01. The van der Waals surface area contributed by atoms with Gasteiger partial charge in [0.15, 0.2) is 0 Å². The molecule has 0 heterocycles. The highest BCUT2D eigenvalue weighted by atomic mass is 16.4. The van der Waals surface area contributed by atoms with Gasteiger partial charge in [-0.1, -0.05) is 36.4 Å². The van der Waals surface area contributed by atoms with Crippen molar-refractivity contribution < 1.29 is 9.90 Å². The molecule has 1 N–H and O–H groups in total. The predicted molar refractivity (Wildman–Crippen MR) is 64.0 cm³/mol. The van der Waals surface area contributed by atoms with Gasteiger partial charge in [0.05, 0.1) is 0 Å². The molecule has 1 aromatic rings. The summed E-state index contributed by atoms with van der Waals surface area (Å²) in [6.07, 6.45) is 9.64. The number of carboxylic acids is 1. The van der Waals surface area contributed by atoms with Gasteiger partial charge < -0.3 is 5.11 Å². The van der Waals surface area contributed by atoms with Crippen molar-refractivity contribution >= 4 is 12.0 Å². The van der Waals surface area contributed by atoms with E-state index in [0.29, 0.717) is 0 Å². The van der Waals surface area contributed by atoms with Crippen LogP contribution in [0, 0.1) is 0 Å². The van der Waals surface area contributed by atoms with Gasteiger partial charge >= 0.3 is 5.97 Å². The fourth-order valence-corrected chi connectivity index (χ4v) is 1.68. The summed E-state index contributed by atoms with van der Waals surface area (Å²) in [5, 5.41) is 8.57. The average molecular weight is 212 g/mol. The Hall–Kier alpha value is -2.09. The molecule has 0 fully saturated rings. The minimum Gasteiger partial charge on any atom is -0.478 e. The van der Waals surface area contributed by atoms with E-state index in [1.165, 1.54) is 5.56 Å². The Bertz CT molecular complexity index is 493. The van der Waals surface area contributed by atoms with Crippen LogP contribution < -0.4 is 0 Å². The number of carboxylic acid groups (broad SMARTS) is 1. The zero-order valence-electron chi connectivity index (χ0n) is 8.76. The van der Waals surface area contributed by atoms with Gasteiger partial charge in [-0.3, -0.25) is 0 Å². The molecule has 1 aliphatic carbocycles. The molecule has 0 aliphatic heterocycles. The van der Waals surface area contributed by atoms with E-state index >= 15 is 0 Å². The first-order valence-electron chi connectivity index (χ1n) is 5.13. The minimum absolute atomic E-state index is 0.886. The van der Waals surface area contributed by atoms with Gasteiger partial charge in [0, 0.05) is 6.08 Å². The van der Waals surface area contributed by atoms with Crippen LogP contribution in [0.15, 0.2) is 54.1 Å². The Labute approximate surface area is 94.2 Å². The number of fused-ring (bicyclic) bond motifs is 1. The summed E-state index contributed by atoms with van der Waals surface area (Å²) < 4.78 is 0. The topological polar surface area (TPSA) is 37.3 Å². The van der Waals surface area contributed by atoms with Crippen LogP contribution in [0.2, 0.25) is 0 Å². The summed E-state index contributed by atoms with van der Waals surface area (Å²) in [6.45, 7) is 0. The molecule has 2 heteroatoms. The van der Waals surface area contributed by atoms with E-state index in [2.05, 4.69) is 6.07 Å². The van der Waals surface area contributed by atoms with Crippen LogP contribution in [-0.4, -0.2) is 11.1 Å². The first-order valence-corrected chi connectivity index (χ1v) is 5.13. The second-order valence-electron chi connectivity index (χ2n) is 3.62. The van der Waals surface area contributed by atoms with Gasteiger partial charge in [-0.15, -0.1) is 0 Å². The lowest BCUT2D eigenvalue weighted by molar-refractivity contribution is -0.131. The third-order valence-corrected chi connectivity index (χ3v) is 2.44. The Morgan fingerprint density at radius 1 is 1.31 bits per heavy atom. The van der Waals surface area contributed by atoms with E-state index in [9.17, 15) is 4.79 Å². The number of hydrogen-bond donors (Lipinski definition) is 1. The van der Waals surface area contributed by atoms with E-state index in [4.69, 9.17) is 5.11 Å². The molecule has 0 spiro atoms. The fourth-order valence-electron chi connectivity index (χ4n) is 1.68. The average Bonchev–Trinajstić information content (AvgIpc) is 2.47. The van der Waals surface area contributed by atoms with Crippen molar-refractivity contribution in [3.8, 4) is 0 Å². The first kappa shape index (κ1) is 10.4. The molecule has 2 nitrogen and oxygen atoms in total. The second-order valence-corrected chi connectivity index (χ2v) is 3.62. The van der Waals surface area contributed by atoms with Crippen LogP contribution >= 0.6 is 0 Å². The lowest BCUT2D eigenvalue weighted by Crippen LogP contribution is -1.86. The maximum Gasteiger partial charge on any atom is 0.328 e. The Morgan fingerprint density at radius 2 is 2.12 bits per heavy atom. The van der Waals surface area contributed by atoms with Gasteiger partial charge in [-0.2, -0.15) is 0 Å². The van der Waals surface area contributed by atoms with Gasteiger partial charge in [0.2, 0.25) is 0 Å². The maximum absolute atomic E-state index is 10.4. The van der Waals surface area contributed by atoms with Crippen molar-refractivity contribution in [2.45, 2.75) is 6.42 Å².